The maximum atomic E-state index is 5.62. The van der Waals surface area contributed by atoms with E-state index >= 15 is 0 Å². The predicted octanol–water partition coefficient (Wildman–Crippen LogP) is 3.63. The molecule has 0 radical (unpaired) electrons. The molecular weight excluding hydrogens is 278 g/mol. The highest BCUT2D eigenvalue weighted by atomic mass is 32.2. The fourth-order valence-electron chi connectivity index (χ4n) is 2.34. The summed E-state index contributed by atoms with van der Waals surface area (Å²) in [4.78, 5) is 4.73. The average molecular weight is 297 g/mol. The van der Waals surface area contributed by atoms with Crippen molar-refractivity contribution in [1.29, 1.82) is 0 Å². The summed E-state index contributed by atoms with van der Waals surface area (Å²) in [5.41, 5.74) is 11.6. The summed E-state index contributed by atoms with van der Waals surface area (Å²) in [5, 5.41) is 1.05. The predicted molar refractivity (Wildman–Crippen MR) is 89.3 cm³/mol. The van der Waals surface area contributed by atoms with Crippen molar-refractivity contribution in [2.45, 2.75) is 24.4 Å². The van der Waals surface area contributed by atoms with Gasteiger partial charge in [0.05, 0.1) is 11.0 Å². The second-order valence-electron chi connectivity index (χ2n) is 5.25. The molecule has 0 saturated carbocycles. The van der Waals surface area contributed by atoms with Crippen LogP contribution in [0.25, 0.3) is 11.0 Å². The molecule has 3 rings (SSSR count). The van der Waals surface area contributed by atoms with Crippen LogP contribution in [0.5, 0.6) is 0 Å². The van der Waals surface area contributed by atoms with E-state index in [1.165, 1.54) is 22.2 Å². The van der Waals surface area contributed by atoms with Gasteiger partial charge in [-0.05, 0) is 35.7 Å². The van der Waals surface area contributed by atoms with E-state index in [1.807, 2.05) is 0 Å². The van der Waals surface area contributed by atoms with E-state index in [-0.39, 0.29) is 0 Å². The smallest absolute Gasteiger partial charge is 0.169 e. The highest BCUT2D eigenvalue weighted by molar-refractivity contribution is 7.98. The molecule has 21 heavy (non-hydrogen) atoms. The molecule has 0 aliphatic heterocycles. The lowest BCUT2D eigenvalue weighted by Crippen LogP contribution is -1.96. The van der Waals surface area contributed by atoms with E-state index in [4.69, 9.17) is 10.7 Å². The summed E-state index contributed by atoms with van der Waals surface area (Å²) in [6.07, 6.45) is 0. The molecule has 0 atom stereocenters. The normalized spacial score (nSPS) is 11.2. The number of fused-ring (bicyclic) bond motifs is 1. The Hall–Kier alpha value is -1.78. The summed E-state index contributed by atoms with van der Waals surface area (Å²) in [6.45, 7) is 2.69. The zero-order valence-corrected chi connectivity index (χ0v) is 13.2. The van der Waals surface area contributed by atoms with Gasteiger partial charge >= 0.3 is 0 Å². The van der Waals surface area contributed by atoms with Gasteiger partial charge < -0.3 is 10.3 Å². The van der Waals surface area contributed by atoms with Crippen molar-refractivity contribution in [2.24, 2.45) is 12.8 Å². The van der Waals surface area contributed by atoms with E-state index in [0.29, 0.717) is 6.54 Å². The van der Waals surface area contributed by atoms with Crippen LogP contribution >= 0.6 is 11.8 Å². The molecule has 4 heteroatoms. The Morgan fingerprint density at radius 2 is 1.81 bits per heavy atom. The van der Waals surface area contributed by atoms with Crippen LogP contribution in [0.1, 0.15) is 16.7 Å². The molecule has 3 nitrogen and oxygen atoms in total. The molecule has 1 heterocycles. The standard InChI is InChI=1S/C17H19N3S/c1-12-3-8-16-15(9-12)19-17(20(16)2)21-11-14-6-4-13(10-18)5-7-14/h3-9H,10-11,18H2,1-2H3. The molecule has 0 spiro atoms. The first kappa shape index (κ1) is 14.2. The first-order valence-corrected chi connectivity index (χ1v) is 7.99. The number of thioether (sulfide) groups is 1. The van der Waals surface area contributed by atoms with Crippen LogP contribution < -0.4 is 5.73 Å². The van der Waals surface area contributed by atoms with Gasteiger partial charge in [-0.3, -0.25) is 0 Å². The number of aromatic nitrogens is 2. The van der Waals surface area contributed by atoms with Gasteiger partial charge in [-0.25, -0.2) is 4.98 Å². The molecule has 2 aromatic carbocycles. The monoisotopic (exact) mass is 297 g/mol. The van der Waals surface area contributed by atoms with Crippen molar-refractivity contribution < 1.29 is 0 Å². The van der Waals surface area contributed by atoms with Crippen LogP contribution in [0.3, 0.4) is 0 Å². The van der Waals surface area contributed by atoms with Crippen molar-refractivity contribution in [3.63, 3.8) is 0 Å². The maximum Gasteiger partial charge on any atom is 0.169 e. The number of aryl methyl sites for hydroxylation is 2. The number of rotatable bonds is 4. The molecule has 0 bridgehead atoms. The van der Waals surface area contributed by atoms with Gasteiger partial charge in [0.15, 0.2) is 5.16 Å². The number of nitrogens with two attached hydrogens (primary N) is 1. The van der Waals surface area contributed by atoms with Crippen LogP contribution in [0.2, 0.25) is 0 Å². The van der Waals surface area contributed by atoms with Gasteiger partial charge in [0.25, 0.3) is 0 Å². The molecule has 0 saturated heterocycles. The summed E-state index contributed by atoms with van der Waals surface area (Å²) < 4.78 is 2.16. The summed E-state index contributed by atoms with van der Waals surface area (Å²) in [5.74, 6) is 0.918. The topological polar surface area (TPSA) is 43.8 Å². The van der Waals surface area contributed by atoms with Crippen LogP contribution in [-0.4, -0.2) is 9.55 Å². The summed E-state index contributed by atoms with van der Waals surface area (Å²) >= 11 is 1.77. The van der Waals surface area contributed by atoms with Gasteiger partial charge in [0.2, 0.25) is 0 Å². The Bertz CT molecular complexity index is 760. The average Bonchev–Trinajstić information content (AvgIpc) is 2.81. The minimum Gasteiger partial charge on any atom is -0.326 e. The lowest BCUT2D eigenvalue weighted by Gasteiger charge is -2.03. The zero-order chi connectivity index (χ0) is 14.8. The highest BCUT2D eigenvalue weighted by Crippen LogP contribution is 2.26. The third-order valence-electron chi connectivity index (χ3n) is 3.62. The van der Waals surface area contributed by atoms with E-state index in [1.54, 1.807) is 11.8 Å². The van der Waals surface area contributed by atoms with E-state index < -0.39 is 0 Å². The van der Waals surface area contributed by atoms with Crippen molar-refractivity contribution >= 4 is 22.8 Å². The molecule has 108 valence electrons. The Labute approximate surface area is 129 Å². The van der Waals surface area contributed by atoms with Crippen molar-refractivity contribution in [1.82, 2.24) is 9.55 Å². The molecule has 0 aliphatic carbocycles. The Morgan fingerprint density at radius 3 is 2.52 bits per heavy atom. The fraction of sp³-hybridized carbons (Fsp3) is 0.235. The van der Waals surface area contributed by atoms with Crippen molar-refractivity contribution in [3.05, 3.63) is 59.2 Å². The Balaban J connectivity index is 1.79. The van der Waals surface area contributed by atoms with Crippen molar-refractivity contribution in [3.8, 4) is 0 Å². The molecule has 2 N–H and O–H groups in total. The van der Waals surface area contributed by atoms with Crippen molar-refractivity contribution in [2.75, 3.05) is 0 Å². The van der Waals surface area contributed by atoms with Gasteiger partial charge in [-0.1, -0.05) is 42.1 Å². The van der Waals surface area contributed by atoms with Crippen LogP contribution in [-0.2, 0) is 19.3 Å². The summed E-state index contributed by atoms with van der Waals surface area (Å²) in [7, 11) is 2.07. The quantitative estimate of drug-likeness (QED) is 0.748. The molecule has 1 aromatic heterocycles. The van der Waals surface area contributed by atoms with E-state index in [0.717, 1.165) is 16.4 Å². The van der Waals surface area contributed by atoms with Gasteiger partial charge in [0.1, 0.15) is 0 Å². The lowest BCUT2D eigenvalue weighted by molar-refractivity contribution is 0.815. The minimum atomic E-state index is 0.595. The number of hydrogen-bond donors (Lipinski definition) is 1. The van der Waals surface area contributed by atoms with E-state index in [9.17, 15) is 0 Å². The fourth-order valence-corrected chi connectivity index (χ4v) is 3.28. The first-order valence-electron chi connectivity index (χ1n) is 7.01. The highest BCUT2D eigenvalue weighted by Gasteiger charge is 2.08. The third-order valence-corrected chi connectivity index (χ3v) is 4.72. The first-order chi connectivity index (χ1) is 10.2. The SMILES string of the molecule is Cc1ccc2c(c1)nc(SCc1ccc(CN)cc1)n2C. The molecule has 0 fully saturated rings. The van der Waals surface area contributed by atoms with Crippen LogP contribution in [0, 0.1) is 6.92 Å². The third kappa shape index (κ3) is 2.96. The largest absolute Gasteiger partial charge is 0.326 e. The second-order valence-corrected chi connectivity index (χ2v) is 6.20. The molecule has 0 amide bonds. The summed E-state index contributed by atoms with van der Waals surface area (Å²) in [6, 6.07) is 14.9. The van der Waals surface area contributed by atoms with Gasteiger partial charge in [-0.2, -0.15) is 0 Å². The molecule has 3 aromatic rings. The number of benzene rings is 2. The van der Waals surface area contributed by atoms with E-state index in [2.05, 4.69) is 61.0 Å². The Morgan fingerprint density at radius 1 is 1.10 bits per heavy atom. The van der Waals surface area contributed by atoms with Gasteiger partial charge in [-0.15, -0.1) is 0 Å². The zero-order valence-electron chi connectivity index (χ0n) is 12.3. The molecule has 0 unspecified atom stereocenters. The van der Waals surface area contributed by atoms with Gasteiger partial charge in [0, 0.05) is 19.3 Å². The number of imidazole rings is 1. The van der Waals surface area contributed by atoms with Crippen LogP contribution in [0.4, 0.5) is 0 Å². The van der Waals surface area contributed by atoms with Crippen LogP contribution in [0.15, 0.2) is 47.6 Å². The number of nitrogens with zero attached hydrogens (tertiary/aromatic N) is 2. The Kier molecular flexibility index (Phi) is 3.99. The maximum absolute atomic E-state index is 5.62. The molecular formula is C17H19N3S. The lowest BCUT2D eigenvalue weighted by atomic mass is 10.1. The minimum absolute atomic E-state index is 0.595. The molecule has 0 aliphatic rings. The second kappa shape index (κ2) is 5.92. The number of hydrogen-bond acceptors (Lipinski definition) is 3.